The first kappa shape index (κ1) is 22.1. The lowest BCUT2D eigenvalue weighted by Crippen LogP contribution is -2.39. The summed E-state index contributed by atoms with van der Waals surface area (Å²) in [5.74, 6) is -1.71. The van der Waals surface area contributed by atoms with Crippen LogP contribution in [-0.4, -0.2) is 67.0 Å². The number of likely N-dealkylation sites (tertiary alicyclic amines) is 1. The van der Waals surface area contributed by atoms with Gasteiger partial charge in [0.25, 0.3) is 5.89 Å². The van der Waals surface area contributed by atoms with E-state index >= 15 is 0 Å². The lowest BCUT2D eigenvalue weighted by Gasteiger charge is -2.20. The average Bonchev–Trinajstić information content (AvgIpc) is 3.48. The van der Waals surface area contributed by atoms with Gasteiger partial charge in [0.2, 0.25) is 0 Å². The Labute approximate surface area is 183 Å². The molecule has 1 fully saturated rings. The second kappa shape index (κ2) is 8.80. The number of nitrogens with one attached hydrogen (secondary N) is 1. The van der Waals surface area contributed by atoms with E-state index in [-0.39, 0.29) is 30.3 Å². The van der Waals surface area contributed by atoms with Crippen molar-refractivity contribution in [1.82, 2.24) is 30.2 Å². The van der Waals surface area contributed by atoms with E-state index in [1.54, 1.807) is 6.20 Å². The second-order valence-corrected chi connectivity index (χ2v) is 7.19. The molecule has 1 saturated heterocycles. The van der Waals surface area contributed by atoms with E-state index in [0.717, 1.165) is 12.3 Å². The number of halogens is 3. The predicted octanol–water partition coefficient (Wildman–Crippen LogP) is 2.38. The summed E-state index contributed by atoms with van der Waals surface area (Å²) in [6, 6.07) is 4.31. The number of amides is 2. The third kappa shape index (κ3) is 5.22. The van der Waals surface area contributed by atoms with E-state index in [4.69, 9.17) is 4.42 Å². The highest BCUT2D eigenvalue weighted by atomic mass is 19.4. The van der Waals surface area contributed by atoms with E-state index in [9.17, 15) is 27.9 Å². The highest BCUT2D eigenvalue weighted by molar-refractivity contribution is 5.90. The number of ether oxygens (including phenoxy) is 1. The number of carboxylic acid groups (broad SMARTS) is 1. The summed E-state index contributed by atoms with van der Waals surface area (Å²) >= 11 is 0. The van der Waals surface area contributed by atoms with Gasteiger partial charge >= 0.3 is 18.4 Å². The van der Waals surface area contributed by atoms with Crippen LogP contribution >= 0.6 is 0 Å². The number of carbonyl (C=O) groups is 2. The molecule has 14 heteroatoms. The van der Waals surface area contributed by atoms with Crippen LogP contribution in [0.1, 0.15) is 17.1 Å². The minimum absolute atomic E-state index is 0.0350. The van der Waals surface area contributed by atoms with Crippen LogP contribution in [0, 0.1) is 0 Å². The Morgan fingerprint density at radius 1 is 1.30 bits per heavy atom. The van der Waals surface area contributed by atoms with Gasteiger partial charge in [0.15, 0.2) is 5.76 Å². The van der Waals surface area contributed by atoms with Gasteiger partial charge in [0, 0.05) is 18.8 Å². The fraction of sp³-hybridized carbons (Fsp3) is 0.316. The summed E-state index contributed by atoms with van der Waals surface area (Å²) in [5.41, 5.74) is -0.0350. The number of alkyl halides is 3. The predicted molar refractivity (Wildman–Crippen MR) is 103 cm³/mol. The van der Waals surface area contributed by atoms with Crippen molar-refractivity contribution >= 4 is 12.0 Å². The summed E-state index contributed by atoms with van der Waals surface area (Å²) in [7, 11) is 0. The van der Waals surface area contributed by atoms with Crippen molar-refractivity contribution in [3.63, 3.8) is 0 Å². The zero-order valence-corrected chi connectivity index (χ0v) is 16.8. The van der Waals surface area contributed by atoms with Gasteiger partial charge in [-0.05, 0) is 18.6 Å². The molecule has 174 valence electrons. The monoisotopic (exact) mass is 466 g/mol. The number of benzene rings is 1. The molecule has 1 aliphatic rings. The Hall–Kier alpha value is -4.10. The molecular formula is C19H17F3N6O5. The van der Waals surface area contributed by atoms with Crippen LogP contribution in [-0.2, 0) is 6.54 Å². The molecule has 4 rings (SSSR count). The summed E-state index contributed by atoms with van der Waals surface area (Å²) < 4.78 is 48.8. The molecule has 2 aromatic heterocycles. The molecule has 2 amide bonds. The van der Waals surface area contributed by atoms with Gasteiger partial charge in [-0.1, -0.05) is 17.3 Å². The summed E-state index contributed by atoms with van der Waals surface area (Å²) in [6.45, 7) is 0.300. The Bertz CT molecular complexity index is 1130. The molecule has 3 heterocycles. The van der Waals surface area contributed by atoms with Gasteiger partial charge in [-0.2, -0.15) is 0 Å². The molecule has 1 aliphatic heterocycles. The van der Waals surface area contributed by atoms with Gasteiger partial charge < -0.3 is 24.5 Å². The Morgan fingerprint density at radius 3 is 2.79 bits per heavy atom. The first-order valence-corrected chi connectivity index (χ1v) is 9.65. The number of aromatic nitrogens is 4. The van der Waals surface area contributed by atoms with Crippen LogP contribution in [0.3, 0.4) is 0 Å². The minimum Gasteiger partial charge on any atom is -0.465 e. The topological polar surface area (TPSA) is 136 Å². The van der Waals surface area contributed by atoms with E-state index in [1.165, 1.54) is 34.0 Å². The van der Waals surface area contributed by atoms with Crippen LogP contribution in [0.4, 0.5) is 18.0 Å². The van der Waals surface area contributed by atoms with Gasteiger partial charge in [-0.25, -0.2) is 9.78 Å². The maximum absolute atomic E-state index is 12.6. The third-order valence-corrected chi connectivity index (χ3v) is 4.94. The molecular weight excluding hydrogens is 449 g/mol. The minimum atomic E-state index is -4.91. The summed E-state index contributed by atoms with van der Waals surface area (Å²) in [6.07, 6.45) is -1.56. The largest absolute Gasteiger partial charge is 0.573 e. The number of carbonyl (C=O) groups excluding carboxylic acids is 1. The smallest absolute Gasteiger partial charge is 0.465 e. The SMILES string of the molecule is O=C(N[C@@H]1C[C@@H](Cn2ccnn2)N(C(=O)O)C1)c1ncc(-c2ccccc2OC(F)(F)F)o1. The molecule has 33 heavy (non-hydrogen) atoms. The Balaban J connectivity index is 1.45. The first-order chi connectivity index (χ1) is 15.7. The van der Waals surface area contributed by atoms with Crippen LogP contribution < -0.4 is 10.1 Å². The molecule has 0 radical (unpaired) electrons. The lowest BCUT2D eigenvalue weighted by molar-refractivity contribution is -0.274. The standard InChI is InChI=1S/C19H17F3N6O5/c20-19(21,22)33-14-4-2-1-3-13(14)15-8-23-17(32-15)16(29)25-11-7-12(28(9-11)18(30)31)10-27-6-5-24-26-27/h1-6,8,11-12H,7,9-10H2,(H,25,29)(H,30,31)/t11-,12+/m1/s1. The van der Waals surface area contributed by atoms with Crippen LogP contribution in [0.5, 0.6) is 5.75 Å². The molecule has 0 bridgehead atoms. The highest BCUT2D eigenvalue weighted by Gasteiger charge is 2.37. The van der Waals surface area contributed by atoms with Gasteiger partial charge in [0.05, 0.1) is 30.5 Å². The molecule has 0 aliphatic carbocycles. The van der Waals surface area contributed by atoms with E-state index in [0.29, 0.717) is 6.42 Å². The zero-order chi connectivity index (χ0) is 23.6. The zero-order valence-electron chi connectivity index (χ0n) is 16.8. The third-order valence-electron chi connectivity index (χ3n) is 4.94. The summed E-state index contributed by atoms with van der Waals surface area (Å²) in [5, 5.41) is 19.6. The molecule has 2 N–H and O–H groups in total. The summed E-state index contributed by atoms with van der Waals surface area (Å²) in [4.78, 5) is 29.2. The van der Waals surface area contributed by atoms with Crippen LogP contribution in [0.15, 0.2) is 47.3 Å². The molecule has 0 saturated carbocycles. The molecule has 1 aromatic carbocycles. The quantitative estimate of drug-likeness (QED) is 0.565. The molecule has 0 spiro atoms. The van der Waals surface area contributed by atoms with Crippen molar-refractivity contribution in [2.75, 3.05) is 6.54 Å². The van der Waals surface area contributed by atoms with Crippen LogP contribution in [0.2, 0.25) is 0 Å². The maximum Gasteiger partial charge on any atom is 0.573 e. The number of para-hydroxylation sites is 1. The second-order valence-electron chi connectivity index (χ2n) is 7.19. The van der Waals surface area contributed by atoms with E-state index in [2.05, 4.69) is 25.3 Å². The number of hydrogen-bond acceptors (Lipinski definition) is 7. The average molecular weight is 466 g/mol. The first-order valence-electron chi connectivity index (χ1n) is 9.65. The molecule has 11 nitrogen and oxygen atoms in total. The Kier molecular flexibility index (Phi) is 5.89. The number of hydrogen-bond donors (Lipinski definition) is 2. The molecule has 3 aromatic rings. The van der Waals surface area contributed by atoms with Crippen molar-refractivity contribution in [1.29, 1.82) is 0 Å². The van der Waals surface area contributed by atoms with Crippen molar-refractivity contribution in [3.05, 3.63) is 48.7 Å². The van der Waals surface area contributed by atoms with Crippen molar-refractivity contribution in [3.8, 4) is 17.1 Å². The highest BCUT2D eigenvalue weighted by Crippen LogP contribution is 2.34. The maximum atomic E-state index is 12.6. The van der Waals surface area contributed by atoms with Crippen molar-refractivity contribution in [2.45, 2.75) is 31.4 Å². The number of rotatable bonds is 6. The van der Waals surface area contributed by atoms with Crippen molar-refractivity contribution < 1.29 is 37.0 Å². The van der Waals surface area contributed by atoms with E-state index < -0.39 is 36.2 Å². The van der Waals surface area contributed by atoms with Gasteiger partial charge in [0.1, 0.15) is 5.75 Å². The molecule has 2 atom stereocenters. The lowest BCUT2D eigenvalue weighted by atomic mass is 10.1. The van der Waals surface area contributed by atoms with E-state index in [1.807, 2.05) is 0 Å². The Morgan fingerprint density at radius 2 is 2.09 bits per heavy atom. The van der Waals surface area contributed by atoms with Gasteiger partial charge in [-0.15, -0.1) is 18.3 Å². The van der Waals surface area contributed by atoms with Crippen LogP contribution in [0.25, 0.3) is 11.3 Å². The normalized spacial score (nSPS) is 18.3. The number of oxazole rings is 1. The fourth-order valence-electron chi connectivity index (χ4n) is 3.61. The van der Waals surface area contributed by atoms with Crippen molar-refractivity contribution in [2.24, 2.45) is 0 Å². The number of nitrogens with zero attached hydrogens (tertiary/aromatic N) is 5. The molecule has 0 unspecified atom stereocenters. The van der Waals surface area contributed by atoms with Gasteiger partial charge in [-0.3, -0.25) is 9.48 Å². The fourth-order valence-corrected chi connectivity index (χ4v) is 3.61.